The van der Waals surface area contributed by atoms with E-state index in [1.54, 1.807) is 18.0 Å². The zero-order valence-corrected chi connectivity index (χ0v) is 13.2. The van der Waals surface area contributed by atoms with Crippen molar-refractivity contribution >= 4 is 28.8 Å². The van der Waals surface area contributed by atoms with Crippen LogP contribution >= 0.6 is 22.9 Å². The molecule has 2 aromatic rings. The summed E-state index contributed by atoms with van der Waals surface area (Å²) in [5.74, 6) is 5.71. The Hall–Kier alpha value is -1.80. The smallest absolute Gasteiger partial charge is 0.265 e. The van der Waals surface area contributed by atoms with Crippen molar-refractivity contribution in [2.45, 2.75) is 6.54 Å². The van der Waals surface area contributed by atoms with Gasteiger partial charge in [0, 0.05) is 19.2 Å². The minimum absolute atomic E-state index is 0.0676. The van der Waals surface area contributed by atoms with E-state index >= 15 is 0 Å². The van der Waals surface area contributed by atoms with E-state index in [1.807, 2.05) is 29.6 Å². The molecule has 3 nitrogen and oxygen atoms in total. The second-order valence-corrected chi connectivity index (χ2v) is 5.79. The molecule has 1 heterocycles. The van der Waals surface area contributed by atoms with Crippen LogP contribution in [0.15, 0.2) is 35.7 Å². The zero-order valence-electron chi connectivity index (χ0n) is 11.6. The Morgan fingerprint density at radius 3 is 2.62 bits per heavy atom. The summed E-state index contributed by atoms with van der Waals surface area (Å²) >= 11 is 7.34. The summed E-state index contributed by atoms with van der Waals surface area (Å²) in [5, 5.41) is 2.32. The zero-order chi connectivity index (χ0) is 15.2. The fourth-order valence-corrected chi connectivity index (χ4v) is 2.94. The highest BCUT2D eigenvalue weighted by Gasteiger charge is 2.16. The molecule has 0 bridgehead atoms. The highest BCUT2D eigenvalue weighted by molar-refractivity contribution is 7.12. The van der Waals surface area contributed by atoms with Gasteiger partial charge in [-0.05, 0) is 29.1 Å². The lowest BCUT2D eigenvalue weighted by Gasteiger charge is -2.16. The Labute approximate surface area is 133 Å². The van der Waals surface area contributed by atoms with Crippen LogP contribution in [-0.4, -0.2) is 24.4 Å². The molecule has 0 saturated heterocycles. The Balaban J connectivity index is 2.04. The molecular weight excluding hydrogens is 304 g/mol. The van der Waals surface area contributed by atoms with Crippen LogP contribution in [0.2, 0.25) is 5.02 Å². The van der Waals surface area contributed by atoms with E-state index in [-0.39, 0.29) is 5.91 Å². The third kappa shape index (κ3) is 4.08. The predicted octanol–water partition coefficient (Wildman–Crippen LogP) is 2.98. The van der Waals surface area contributed by atoms with Crippen LogP contribution in [0.25, 0.3) is 0 Å². The molecule has 1 aromatic heterocycles. The van der Waals surface area contributed by atoms with Crippen molar-refractivity contribution in [1.29, 1.82) is 0 Å². The molecule has 0 aliphatic carbocycles. The molecule has 21 heavy (non-hydrogen) atoms. The van der Waals surface area contributed by atoms with Gasteiger partial charge in [0.15, 0.2) is 0 Å². The number of hydrogen-bond acceptors (Lipinski definition) is 3. The Morgan fingerprint density at radius 1 is 1.33 bits per heavy atom. The van der Waals surface area contributed by atoms with E-state index < -0.39 is 0 Å². The molecule has 0 saturated carbocycles. The number of rotatable bonds is 3. The van der Waals surface area contributed by atoms with Gasteiger partial charge in [0.2, 0.25) is 0 Å². The quantitative estimate of drug-likeness (QED) is 0.884. The fourth-order valence-electron chi connectivity index (χ4n) is 1.81. The van der Waals surface area contributed by atoms with Gasteiger partial charge in [0.1, 0.15) is 4.88 Å². The summed E-state index contributed by atoms with van der Waals surface area (Å²) < 4.78 is 0. The molecule has 0 spiro atoms. The Bertz CT molecular complexity index is 682. The number of thiophene rings is 1. The highest BCUT2D eigenvalue weighted by atomic mass is 35.5. The first-order valence-corrected chi connectivity index (χ1v) is 7.64. The van der Waals surface area contributed by atoms with Crippen molar-refractivity contribution in [3.05, 3.63) is 56.7 Å². The average Bonchev–Trinajstić information content (AvgIpc) is 2.92. The lowest BCUT2D eigenvalue weighted by molar-refractivity contribution is 0.0790. The van der Waals surface area contributed by atoms with Gasteiger partial charge in [-0.2, -0.15) is 0 Å². The van der Waals surface area contributed by atoms with Gasteiger partial charge in [0.25, 0.3) is 5.91 Å². The maximum Gasteiger partial charge on any atom is 0.265 e. The van der Waals surface area contributed by atoms with Crippen LogP contribution < -0.4 is 5.73 Å². The molecule has 0 atom stereocenters. The van der Waals surface area contributed by atoms with E-state index in [2.05, 4.69) is 11.8 Å². The normalized spacial score (nSPS) is 9.86. The van der Waals surface area contributed by atoms with Gasteiger partial charge in [0.05, 0.1) is 11.6 Å². The topological polar surface area (TPSA) is 46.3 Å². The molecule has 0 aliphatic heterocycles. The summed E-state index contributed by atoms with van der Waals surface area (Å²) in [5.41, 5.74) is 7.29. The van der Waals surface area contributed by atoms with Gasteiger partial charge < -0.3 is 10.6 Å². The number of hydrogen-bond donors (Lipinski definition) is 1. The van der Waals surface area contributed by atoms with Crippen LogP contribution in [0, 0.1) is 11.8 Å². The fraction of sp³-hybridized carbons (Fsp3) is 0.188. The SMILES string of the molecule is CN(Cc1ccc(C#CCN)cc1)C(=O)c1sccc1Cl. The first-order chi connectivity index (χ1) is 10.1. The Morgan fingerprint density at radius 2 is 2.05 bits per heavy atom. The van der Waals surface area contributed by atoms with Gasteiger partial charge in [-0.25, -0.2) is 0 Å². The number of nitrogens with two attached hydrogens (primary N) is 1. The lowest BCUT2D eigenvalue weighted by Crippen LogP contribution is -2.25. The van der Waals surface area contributed by atoms with Crippen LogP contribution in [0.4, 0.5) is 0 Å². The van der Waals surface area contributed by atoms with Crippen LogP contribution in [-0.2, 0) is 6.54 Å². The first kappa shape index (κ1) is 15.6. The van der Waals surface area contributed by atoms with Crippen LogP contribution in [0.3, 0.4) is 0 Å². The minimum Gasteiger partial charge on any atom is -0.337 e. The number of halogens is 1. The number of nitrogens with zero attached hydrogens (tertiary/aromatic N) is 1. The summed E-state index contributed by atoms with van der Waals surface area (Å²) in [6.45, 7) is 0.873. The van der Waals surface area contributed by atoms with Gasteiger partial charge in [-0.1, -0.05) is 35.6 Å². The maximum atomic E-state index is 12.3. The standard InChI is InChI=1S/C16H15ClN2OS/c1-19(16(20)15-14(17)8-10-21-15)11-13-6-4-12(5-7-13)3-2-9-18/h4-8,10H,9,11,18H2,1H3. The van der Waals surface area contributed by atoms with Crippen molar-refractivity contribution in [3.8, 4) is 11.8 Å². The third-order valence-corrected chi connectivity index (χ3v) is 4.20. The second-order valence-electron chi connectivity index (χ2n) is 4.46. The third-order valence-electron chi connectivity index (χ3n) is 2.87. The molecule has 108 valence electrons. The number of benzene rings is 1. The molecule has 1 aromatic carbocycles. The number of carbonyl (C=O) groups excluding carboxylic acids is 1. The van der Waals surface area contributed by atoms with Crippen LogP contribution in [0.1, 0.15) is 20.8 Å². The van der Waals surface area contributed by atoms with Crippen molar-refractivity contribution < 1.29 is 4.79 Å². The van der Waals surface area contributed by atoms with E-state index in [9.17, 15) is 4.79 Å². The Kier molecular flexibility index (Phi) is 5.40. The first-order valence-electron chi connectivity index (χ1n) is 6.38. The van der Waals surface area contributed by atoms with E-state index in [0.717, 1.165) is 11.1 Å². The van der Waals surface area contributed by atoms with Crippen molar-refractivity contribution in [2.75, 3.05) is 13.6 Å². The lowest BCUT2D eigenvalue weighted by atomic mass is 10.1. The minimum atomic E-state index is -0.0676. The second kappa shape index (κ2) is 7.28. The van der Waals surface area contributed by atoms with E-state index in [1.165, 1.54) is 11.3 Å². The maximum absolute atomic E-state index is 12.3. The molecule has 0 radical (unpaired) electrons. The van der Waals surface area contributed by atoms with Crippen LogP contribution in [0.5, 0.6) is 0 Å². The average molecular weight is 319 g/mol. The van der Waals surface area contributed by atoms with Crippen molar-refractivity contribution in [2.24, 2.45) is 5.73 Å². The van der Waals surface area contributed by atoms with Gasteiger partial charge in [-0.3, -0.25) is 4.79 Å². The molecule has 0 fully saturated rings. The molecule has 2 N–H and O–H groups in total. The van der Waals surface area contributed by atoms with Gasteiger partial charge in [-0.15, -0.1) is 11.3 Å². The summed E-state index contributed by atoms with van der Waals surface area (Å²) in [7, 11) is 1.76. The number of carbonyl (C=O) groups is 1. The number of amides is 1. The highest BCUT2D eigenvalue weighted by Crippen LogP contribution is 2.23. The molecule has 5 heteroatoms. The largest absolute Gasteiger partial charge is 0.337 e. The molecule has 0 unspecified atom stereocenters. The summed E-state index contributed by atoms with van der Waals surface area (Å²) in [6.07, 6.45) is 0. The summed E-state index contributed by atoms with van der Waals surface area (Å²) in [4.78, 5) is 14.5. The molecule has 0 aliphatic rings. The van der Waals surface area contributed by atoms with E-state index in [4.69, 9.17) is 17.3 Å². The monoisotopic (exact) mass is 318 g/mol. The molecular formula is C16H15ClN2OS. The van der Waals surface area contributed by atoms with Gasteiger partial charge >= 0.3 is 0 Å². The van der Waals surface area contributed by atoms with E-state index in [0.29, 0.717) is 23.0 Å². The summed E-state index contributed by atoms with van der Waals surface area (Å²) in [6, 6.07) is 9.50. The molecule has 2 rings (SSSR count). The van der Waals surface area contributed by atoms with Crippen molar-refractivity contribution in [1.82, 2.24) is 4.90 Å². The predicted molar refractivity (Wildman–Crippen MR) is 87.5 cm³/mol. The van der Waals surface area contributed by atoms with Crippen molar-refractivity contribution in [3.63, 3.8) is 0 Å². The molecule has 1 amide bonds.